The average Bonchev–Trinajstić information content (AvgIpc) is 2.99. The van der Waals surface area contributed by atoms with Crippen molar-refractivity contribution in [1.82, 2.24) is 15.5 Å². The van der Waals surface area contributed by atoms with Gasteiger partial charge in [-0.15, -0.1) is 0 Å². The Hall–Kier alpha value is -1.50. The molecule has 1 heterocycles. The molecule has 0 saturated carbocycles. The summed E-state index contributed by atoms with van der Waals surface area (Å²) >= 11 is 0. The van der Waals surface area contributed by atoms with E-state index in [0.29, 0.717) is 25.7 Å². The van der Waals surface area contributed by atoms with E-state index in [-0.39, 0.29) is 23.8 Å². The number of hydrogen-bond acceptors (Lipinski definition) is 4. The fourth-order valence-corrected chi connectivity index (χ4v) is 3.10. The zero-order valence-electron chi connectivity index (χ0n) is 14.7. The molecule has 5 nitrogen and oxygen atoms in total. The molecule has 2 rings (SSSR count). The lowest BCUT2D eigenvalue weighted by atomic mass is 10.1. The van der Waals surface area contributed by atoms with Gasteiger partial charge >= 0.3 is 0 Å². The van der Waals surface area contributed by atoms with Crippen LogP contribution in [-0.4, -0.2) is 55.7 Å². The van der Waals surface area contributed by atoms with Gasteiger partial charge in [-0.25, -0.2) is 4.39 Å². The number of ether oxygens (including phenoxy) is 1. The van der Waals surface area contributed by atoms with E-state index in [1.807, 2.05) is 0 Å². The summed E-state index contributed by atoms with van der Waals surface area (Å²) in [5, 5.41) is 6.42. The summed E-state index contributed by atoms with van der Waals surface area (Å²) in [6, 6.07) is 6.94. The first kappa shape index (κ1) is 18.8. The molecule has 1 amide bonds. The van der Waals surface area contributed by atoms with Crippen molar-refractivity contribution in [3.05, 3.63) is 35.6 Å². The van der Waals surface area contributed by atoms with Crippen LogP contribution in [0.1, 0.15) is 25.8 Å². The van der Waals surface area contributed by atoms with Crippen LogP contribution >= 0.6 is 0 Å². The summed E-state index contributed by atoms with van der Waals surface area (Å²) < 4.78 is 17.9. The highest BCUT2D eigenvalue weighted by atomic mass is 19.1. The molecule has 24 heavy (non-hydrogen) atoms. The van der Waals surface area contributed by atoms with E-state index in [4.69, 9.17) is 4.74 Å². The standard InChI is InChI=1S/C18H28FN3O2/c1-13(2)22-12-16(10-17(22)18(23)20-8-9-24-3)21-11-14-4-6-15(19)7-5-14/h4-7,13,16-17,21H,8-12H2,1-3H3,(H,20,23)/t16-,17+/m1/s1. The van der Waals surface area contributed by atoms with Gasteiger partial charge in [0.05, 0.1) is 12.6 Å². The van der Waals surface area contributed by atoms with E-state index in [1.54, 1.807) is 19.2 Å². The van der Waals surface area contributed by atoms with Crippen molar-refractivity contribution in [2.75, 3.05) is 26.8 Å². The van der Waals surface area contributed by atoms with Crippen LogP contribution in [0.4, 0.5) is 4.39 Å². The summed E-state index contributed by atoms with van der Waals surface area (Å²) in [6.45, 7) is 6.78. The first-order valence-corrected chi connectivity index (χ1v) is 8.51. The van der Waals surface area contributed by atoms with Gasteiger partial charge in [0.1, 0.15) is 5.82 Å². The highest BCUT2D eigenvalue weighted by Crippen LogP contribution is 2.21. The van der Waals surface area contributed by atoms with E-state index >= 15 is 0 Å². The number of nitrogens with zero attached hydrogens (tertiary/aromatic N) is 1. The van der Waals surface area contributed by atoms with Gasteiger partial charge in [-0.3, -0.25) is 9.69 Å². The number of carbonyl (C=O) groups excluding carboxylic acids is 1. The van der Waals surface area contributed by atoms with E-state index in [9.17, 15) is 9.18 Å². The fourth-order valence-electron chi connectivity index (χ4n) is 3.10. The molecule has 1 aromatic rings. The molecule has 2 N–H and O–H groups in total. The highest BCUT2D eigenvalue weighted by molar-refractivity contribution is 5.82. The maximum absolute atomic E-state index is 13.0. The maximum Gasteiger partial charge on any atom is 0.237 e. The number of likely N-dealkylation sites (tertiary alicyclic amines) is 1. The lowest BCUT2D eigenvalue weighted by Gasteiger charge is -2.27. The van der Waals surface area contributed by atoms with Crippen molar-refractivity contribution in [3.63, 3.8) is 0 Å². The molecule has 2 atom stereocenters. The molecule has 0 spiro atoms. The third kappa shape index (κ3) is 5.26. The molecule has 0 bridgehead atoms. The Labute approximate surface area is 143 Å². The van der Waals surface area contributed by atoms with Crippen molar-refractivity contribution in [2.45, 2.75) is 44.9 Å². The molecule has 0 radical (unpaired) electrons. The molecule has 1 aromatic carbocycles. The lowest BCUT2D eigenvalue weighted by molar-refractivity contribution is -0.126. The predicted octanol–water partition coefficient (Wildman–Crippen LogP) is 1.53. The van der Waals surface area contributed by atoms with Crippen molar-refractivity contribution < 1.29 is 13.9 Å². The SMILES string of the molecule is COCCNC(=O)[C@@H]1C[C@@H](NCc2ccc(F)cc2)CN1C(C)C. The summed E-state index contributed by atoms with van der Waals surface area (Å²) in [5.74, 6) is -0.162. The Morgan fingerprint density at radius 2 is 2.08 bits per heavy atom. The monoisotopic (exact) mass is 337 g/mol. The minimum atomic E-state index is -0.224. The second kappa shape index (κ2) is 9.11. The van der Waals surface area contributed by atoms with Crippen LogP contribution in [0.15, 0.2) is 24.3 Å². The van der Waals surface area contributed by atoms with E-state index < -0.39 is 0 Å². The molecule has 0 aliphatic carbocycles. The Morgan fingerprint density at radius 1 is 1.38 bits per heavy atom. The molecule has 1 aliphatic rings. The number of amides is 1. The third-order valence-corrected chi connectivity index (χ3v) is 4.42. The molecular weight excluding hydrogens is 309 g/mol. The van der Waals surface area contributed by atoms with Crippen LogP contribution in [0.25, 0.3) is 0 Å². The lowest BCUT2D eigenvalue weighted by Crippen LogP contribution is -2.46. The molecule has 1 fully saturated rings. The van der Waals surface area contributed by atoms with Crippen molar-refractivity contribution >= 4 is 5.91 Å². The molecule has 1 saturated heterocycles. The Kier molecular flexibility index (Phi) is 7.15. The summed E-state index contributed by atoms with van der Waals surface area (Å²) in [7, 11) is 1.62. The number of rotatable bonds is 8. The number of methoxy groups -OCH3 is 1. The van der Waals surface area contributed by atoms with Gasteiger partial charge in [-0.1, -0.05) is 12.1 Å². The van der Waals surface area contributed by atoms with Crippen LogP contribution in [0.2, 0.25) is 0 Å². The van der Waals surface area contributed by atoms with Gasteiger partial charge < -0.3 is 15.4 Å². The number of benzene rings is 1. The summed E-state index contributed by atoms with van der Waals surface area (Å²) in [4.78, 5) is 14.6. The van der Waals surface area contributed by atoms with E-state index in [0.717, 1.165) is 18.5 Å². The van der Waals surface area contributed by atoms with Gasteiger partial charge in [-0.2, -0.15) is 0 Å². The first-order chi connectivity index (χ1) is 11.5. The smallest absolute Gasteiger partial charge is 0.237 e. The Bertz CT molecular complexity index is 522. The number of halogens is 1. The van der Waals surface area contributed by atoms with Crippen molar-refractivity contribution in [1.29, 1.82) is 0 Å². The zero-order chi connectivity index (χ0) is 17.5. The normalized spacial score (nSPS) is 21.4. The van der Waals surface area contributed by atoms with Crippen LogP contribution in [-0.2, 0) is 16.1 Å². The molecule has 0 aromatic heterocycles. The molecule has 0 unspecified atom stereocenters. The molecular formula is C18H28FN3O2. The van der Waals surface area contributed by atoms with Crippen molar-refractivity contribution in [2.24, 2.45) is 0 Å². The van der Waals surface area contributed by atoms with Gasteiger partial charge in [0.25, 0.3) is 0 Å². The first-order valence-electron chi connectivity index (χ1n) is 8.51. The number of hydrogen-bond donors (Lipinski definition) is 2. The summed E-state index contributed by atoms with van der Waals surface area (Å²) in [6.07, 6.45) is 0.776. The van der Waals surface area contributed by atoms with Crippen LogP contribution in [0, 0.1) is 5.82 Å². The second-order valence-corrected chi connectivity index (χ2v) is 6.53. The number of carbonyl (C=O) groups is 1. The molecule has 6 heteroatoms. The third-order valence-electron chi connectivity index (χ3n) is 4.42. The maximum atomic E-state index is 13.0. The topological polar surface area (TPSA) is 53.6 Å². The van der Waals surface area contributed by atoms with Gasteiger partial charge in [0.2, 0.25) is 5.91 Å². The van der Waals surface area contributed by atoms with Gasteiger partial charge in [0, 0.05) is 38.8 Å². The predicted molar refractivity (Wildman–Crippen MR) is 92.2 cm³/mol. The average molecular weight is 337 g/mol. The zero-order valence-corrected chi connectivity index (χ0v) is 14.7. The summed E-state index contributed by atoms with van der Waals surface area (Å²) in [5.41, 5.74) is 1.04. The van der Waals surface area contributed by atoms with Gasteiger partial charge in [-0.05, 0) is 38.0 Å². The molecule has 134 valence electrons. The largest absolute Gasteiger partial charge is 0.383 e. The Morgan fingerprint density at radius 3 is 2.71 bits per heavy atom. The van der Waals surface area contributed by atoms with Crippen molar-refractivity contribution in [3.8, 4) is 0 Å². The quantitative estimate of drug-likeness (QED) is 0.707. The van der Waals surface area contributed by atoms with E-state index in [1.165, 1.54) is 12.1 Å². The van der Waals surface area contributed by atoms with Crippen LogP contribution in [0.5, 0.6) is 0 Å². The second-order valence-electron chi connectivity index (χ2n) is 6.53. The minimum Gasteiger partial charge on any atom is -0.383 e. The Balaban J connectivity index is 1.88. The van der Waals surface area contributed by atoms with E-state index in [2.05, 4.69) is 29.4 Å². The number of nitrogens with one attached hydrogen (secondary N) is 2. The van der Waals surface area contributed by atoms with Crippen LogP contribution in [0.3, 0.4) is 0 Å². The fraction of sp³-hybridized carbons (Fsp3) is 0.611. The van der Waals surface area contributed by atoms with Gasteiger partial charge in [0.15, 0.2) is 0 Å². The highest BCUT2D eigenvalue weighted by Gasteiger charge is 2.37. The van der Waals surface area contributed by atoms with Crippen LogP contribution < -0.4 is 10.6 Å². The minimum absolute atomic E-state index is 0.0619. The molecule has 1 aliphatic heterocycles.